The minimum atomic E-state index is 0.167. The van der Waals surface area contributed by atoms with Crippen LogP contribution in [0.2, 0.25) is 0 Å². The predicted molar refractivity (Wildman–Crippen MR) is 115 cm³/mol. The van der Waals surface area contributed by atoms with Gasteiger partial charge in [0.05, 0.1) is 31.1 Å². The molecule has 4 rings (SSSR count). The first-order chi connectivity index (χ1) is 14.6. The largest absolute Gasteiger partial charge is 0.493 e. The van der Waals surface area contributed by atoms with E-state index in [2.05, 4.69) is 5.10 Å². The summed E-state index contributed by atoms with van der Waals surface area (Å²) in [5.41, 5.74) is 8.76. The van der Waals surface area contributed by atoms with Crippen molar-refractivity contribution >= 4 is 22.5 Å². The van der Waals surface area contributed by atoms with Gasteiger partial charge in [-0.25, -0.2) is 0 Å². The molecule has 1 aliphatic heterocycles. The number of amides is 1. The minimum Gasteiger partial charge on any atom is -0.493 e. The Balaban J connectivity index is 1.44. The summed E-state index contributed by atoms with van der Waals surface area (Å²) in [6.45, 7) is 2.04. The summed E-state index contributed by atoms with van der Waals surface area (Å²) in [7, 11) is 3.22. The fourth-order valence-corrected chi connectivity index (χ4v) is 4.06. The molecule has 3 aromatic rings. The Bertz CT molecular complexity index is 1030. The van der Waals surface area contributed by atoms with Crippen molar-refractivity contribution in [3.63, 3.8) is 0 Å². The average molecular weight is 409 g/mol. The molecule has 0 spiro atoms. The highest BCUT2D eigenvalue weighted by Gasteiger charge is 2.26. The number of benzene rings is 1. The summed E-state index contributed by atoms with van der Waals surface area (Å²) < 4.78 is 12.6. The molecular weight excluding hydrogens is 382 g/mol. The molecule has 0 unspecified atom stereocenters. The van der Waals surface area contributed by atoms with Crippen molar-refractivity contribution in [2.45, 2.75) is 31.7 Å². The molecule has 0 aliphatic carbocycles. The number of methoxy groups -OCH3 is 2. The summed E-state index contributed by atoms with van der Waals surface area (Å²) >= 11 is 0. The molecule has 30 heavy (non-hydrogen) atoms. The molecule has 3 heterocycles. The number of pyridine rings is 1. The standard InChI is InChI=1S/C22H27N5O3/c1-29-19-13-16-12-17(23)22(25-18(16)14-20(19)30-2)15-4-9-26(10-5-15)21(28)6-11-27-8-3-7-24-27/h3,7-8,12-15H,4-6,9-11,23H2,1-2H3. The Morgan fingerprint density at radius 1 is 1.17 bits per heavy atom. The van der Waals surface area contributed by atoms with Gasteiger partial charge in [-0.1, -0.05) is 0 Å². The van der Waals surface area contributed by atoms with Crippen LogP contribution in [0.5, 0.6) is 11.5 Å². The normalized spacial score (nSPS) is 14.8. The lowest BCUT2D eigenvalue weighted by atomic mass is 9.91. The Morgan fingerprint density at radius 3 is 2.57 bits per heavy atom. The third kappa shape index (κ3) is 4.03. The van der Waals surface area contributed by atoms with E-state index in [4.69, 9.17) is 20.2 Å². The van der Waals surface area contributed by atoms with Crippen LogP contribution >= 0.6 is 0 Å². The molecule has 0 saturated carbocycles. The number of rotatable bonds is 6. The lowest BCUT2D eigenvalue weighted by Crippen LogP contribution is -2.38. The minimum absolute atomic E-state index is 0.167. The van der Waals surface area contributed by atoms with Crippen LogP contribution in [0.3, 0.4) is 0 Å². The van der Waals surface area contributed by atoms with Crippen molar-refractivity contribution in [1.82, 2.24) is 19.7 Å². The number of hydrogen-bond donors (Lipinski definition) is 1. The average Bonchev–Trinajstić information content (AvgIpc) is 3.30. The van der Waals surface area contributed by atoms with Crippen LogP contribution in [0, 0.1) is 0 Å². The van der Waals surface area contributed by atoms with Gasteiger partial charge in [-0.2, -0.15) is 5.10 Å². The number of piperidine rings is 1. The third-order valence-electron chi connectivity index (χ3n) is 5.73. The van der Waals surface area contributed by atoms with E-state index in [1.54, 1.807) is 25.1 Å². The molecule has 2 N–H and O–H groups in total. The highest BCUT2D eigenvalue weighted by molar-refractivity contribution is 5.86. The SMILES string of the molecule is COc1cc2cc(N)c(C3CCN(C(=O)CCn4cccn4)CC3)nc2cc1OC. The maximum Gasteiger partial charge on any atom is 0.224 e. The number of aryl methyl sites for hydroxylation is 1. The van der Waals surface area contributed by atoms with E-state index in [0.29, 0.717) is 43.2 Å². The van der Waals surface area contributed by atoms with Crippen molar-refractivity contribution in [3.8, 4) is 11.5 Å². The lowest BCUT2D eigenvalue weighted by Gasteiger charge is -2.32. The van der Waals surface area contributed by atoms with E-state index in [1.807, 2.05) is 35.4 Å². The number of carbonyl (C=O) groups excluding carboxylic acids is 1. The van der Waals surface area contributed by atoms with E-state index >= 15 is 0 Å². The quantitative estimate of drug-likeness (QED) is 0.673. The molecule has 1 aromatic carbocycles. The highest BCUT2D eigenvalue weighted by Crippen LogP contribution is 2.36. The molecule has 0 bridgehead atoms. The van der Waals surface area contributed by atoms with Gasteiger partial charge in [0.15, 0.2) is 11.5 Å². The van der Waals surface area contributed by atoms with Crippen molar-refractivity contribution in [1.29, 1.82) is 0 Å². The van der Waals surface area contributed by atoms with Crippen LogP contribution in [0.25, 0.3) is 10.9 Å². The van der Waals surface area contributed by atoms with Crippen molar-refractivity contribution in [3.05, 3.63) is 42.4 Å². The first-order valence-electron chi connectivity index (χ1n) is 10.2. The number of nitrogen functional groups attached to an aromatic ring is 1. The monoisotopic (exact) mass is 409 g/mol. The molecule has 158 valence electrons. The molecule has 8 heteroatoms. The maximum absolute atomic E-state index is 12.5. The Morgan fingerprint density at radius 2 is 1.90 bits per heavy atom. The van der Waals surface area contributed by atoms with Gasteiger partial charge in [0, 0.05) is 55.8 Å². The second-order valence-electron chi connectivity index (χ2n) is 7.54. The van der Waals surface area contributed by atoms with E-state index in [1.165, 1.54) is 0 Å². The molecule has 1 aliphatic rings. The van der Waals surface area contributed by atoms with Crippen LogP contribution in [0.4, 0.5) is 5.69 Å². The van der Waals surface area contributed by atoms with Crippen LogP contribution in [0.1, 0.15) is 30.9 Å². The Kier molecular flexibility index (Phi) is 5.74. The van der Waals surface area contributed by atoms with Crippen LogP contribution in [-0.4, -0.2) is 52.9 Å². The van der Waals surface area contributed by atoms with Gasteiger partial charge >= 0.3 is 0 Å². The van der Waals surface area contributed by atoms with Gasteiger partial charge < -0.3 is 20.1 Å². The molecule has 0 radical (unpaired) electrons. The number of likely N-dealkylation sites (tertiary alicyclic amines) is 1. The summed E-state index contributed by atoms with van der Waals surface area (Å²) in [6.07, 6.45) is 5.76. The Labute approximate surface area is 175 Å². The highest BCUT2D eigenvalue weighted by atomic mass is 16.5. The second kappa shape index (κ2) is 8.61. The molecule has 1 amide bonds. The number of carbonyl (C=O) groups is 1. The number of anilines is 1. The first-order valence-corrected chi connectivity index (χ1v) is 10.2. The van der Waals surface area contributed by atoms with Crippen LogP contribution in [0.15, 0.2) is 36.7 Å². The van der Waals surface area contributed by atoms with Gasteiger partial charge in [0.1, 0.15) is 0 Å². The molecule has 1 saturated heterocycles. The molecular formula is C22H27N5O3. The number of nitrogens with two attached hydrogens (primary N) is 1. The van der Waals surface area contributed by atoms with E-state index in [9.17, 15) is 4.79 Å². The van der Waals surface area contributed by atoms with Gasteiger partial charge in [-0.3, -0.25) is 14.5 Å². The third-order valence-corrected chi connectivity index (χ3v) is 5.73. The second-order valence-corrected chi connectivity index (χ2v) is 7.54. The summed E-state index contributed by atoms with van der Waals surface area (Å²) in [5.74, 6) is 1.70. The summed E-state index contributed by atoms with van der Waals surface area (Å²) in [6, 6.07) is 7.58. The number of ether oxygens (including phenoxy) is 2. The number of aromatic nitrogens is 3. The van der Waals surface area contributed by atoms with Gasteiger partial charge in [0.2, 0.25) is 5.91 Å². The molecule has 1 fully saturated rings. The fourth-order valence-electron chi connectivity index (χ4n) is 4.06. The van der Waals surface area contributed by atoms with E-state index in [0.717, 1.165) is 29.4 Å². The summed E-state index contributed by atoms with van der Waals surface area (Å²) in [5, 5.41) is 5.07. The molecule has 2 aromatic heterocycles. The zero-order valence-electron chi connectivity index (χ0n) is 17.4. The van der Waals surface area contributed by atoms with E-state index < -0.39 is 0 Å². The van der Waals surface area contributed by atoms with Gasteiger partial charge in [-0.05, 0) is 31.0 Å². The first kappa shape index (κ1) is 20.0. The molecule has 8 nitrogen and oxygen atoms in total. The zero-order valence-corrected chi connectivity index (χ0v) is 17.4. The topological polar surface area (TPSA) is 95.5 Å². The van der Waals surface area contributed by atoms with E-state index in [-0.39, 0.29) is 11.8 Å². The lowest BCUT2D eigenvalue weighted by molar-refractivity contribution is -0.132. The van der Waals surface area contributed by atoms with Crippen LogP contribution < -0.4 is 15.2 Å². The smallest absolute Gasteiger partial charge is 0.224 e. The maximum atomic E-state index is 12.5. The van der Waals surface area contributed by atoms with Crippen molar-refractivity contribution in [2.24, 2.45) is 0 Å². The van der Waals surface area contributed by atoms with Gasteiger partial charge in [0.25, 0.3) is 0 Å². The van der Waals surface area contributed by atoms with Gasteiger partial charge in [-0.15, -0.1) is 0 Å². The van der Waals surface area contributed by atoms with Crippen molar-refractivity contribution in [2.75, 3.05) is 33.0 Å². The zero-order chi connectivity index (χ0) is 21.1. The summed E-state index contributed by atoms with van der Waals surface area (Å²) in [4.78, 5) is 19.3. The number of nitrogens with zero attached hydrogens (tertiary/aromatic N) is 4. The van der Waals surface area contributed by atoms with Crippen molar-refractivity contribution < 1.29 is 14.3 Å². The number of fused-ring (bicyclic) bond motifs is 1. The predicted octanol–water partition coefficient (Wildman–Crippen LogP) is 2.83. The van der Waals surface area contributed by atoms with Crippen LogP contribution in [-0.2, 0) is 11.3 Å². The Hall–Kier alpha value is -3.29. The fraction of sp³-hybridized carbons (Fsp3) is 0.409. The number of hydrogen-bond acceptors (Lipinski definition) is 6. The molecule has 0 atom stereocenters.